The topological polar surface area (TPSA) is 69.6 Å². The van der Waals surface area contributed by atoms with Crippen LogP contribution >= 0.6 is 11.6 Å². The molecule has 0 aliphatic rings. The third kappa shape index (κ3) is 4.63. The fraction of sp³-hybridized carbons (Fsp3) is 0.417. The minimum Gasteiger partial charge on any atom is -0.481 e. The third-order valence-corrected chi connectivity index (χ3v) is 2.72. The molecular weight excluding hydrogens is 242 g/mol. The molecule has 3 N–H and O–H groups in total. The summed E-state index contributed by atoms with van der Waals surface area (Å²) in [6.07, 6.45) is -0.619. The van der Waals surface area contributed by atoms with Crippen LogP contribution < -0.4 is 5.32 Å². The summed E-state index contributed by atoms with van der Waals surface area (Å²) in [6.45, 7) is 2.26. The molecule has 0 bridgehead atoms. The number of anilines is 1. The Morgan fingerprint density at radius 3 is 2.82 bits per heavy atom. The Hall–Kier alpha value is -1.26. The number of nitrogens with one attached hydrogen (secondary N) is 1. The van der Waals surface area contributed by atoms with E-state index in [1.54, 1.807) is 12.1 Å². The third-order valence-electron chi connectivity index (χ3n) is 2.36. The van der Waals surface area contributed by atoms with Gasteiger partial charge in [0, 0.05) is 12.2 Å². The van der Waals surface area contributed by atoms with Crippen molar-refractivity contribution in [2.24, 2.45) is 0 Å². The molecule has 0 spiro atoms. The number of aliphatic hydroxyl groups excluding tert-OH is 1. The molecule has 0 aliphatic heterocycles. The summed E-state index contributed by atoms with van der Waals surface area (Å²) < 4.78 is 0. The number of alkyl halides is 1. The van der Waals surface area contributed by atoms with Gasteiger partial charge in [-0.3, -0.25) is 4.79 Å². The van der Waals surface area contributed by atoms with Gasteiger partial charge in [0.2, 0.25) is 0 Å². The van der Waals surface area contributed by atoms with Crippen LogP contribution in [0.1, 0.15) is 11.1 Å². The van der Waals surface area contributed by atoms with E-state index in [9.17, 15) is 9.90 Å². The maximum Gasteiger partial charge on any atom is 0.307 e. The van der Waals surface area contributed by atoms with E-state index in [4.69, 9.17) is 16.7 Å². The lowest BCUT2D eigenvalue weighted by Gasteiger charge is -2.13. The molecule has 0 radical (unpaired) electrons. The Labute approximate surface area is 105 Å². The van der Waals surface area contributed by atoms with Gasteiger partial charge < -0.3 is 15.5 Å². The molecule has 0 amide bonds. The molecule has 0 aliphatic carbocycles. The van der Waals surface area contributed by atoms with Crippen LogP contribution in [0.15, 0.2) is 18.2 Å². The average Bonchev–Trinajstić information content (AvgIpc) is 2.28. The Balaban J connectivity index is 2.72. The van der Waals surface area contributed by atoms with Gasteiger partial charge in [-0.05, 0) is 24.1 Å². The zero-order valence-corrected chi connectivity index (χ0v) is 10.4. The molecule has 0 saturated carbocycles. The summed E-state index contributed by atoms with van der Waals surface area (Å²) in [5.74, 6) is -0.693. The monoisotopic (exact) mass is 257 g/mol. The molecule has 0 saturated heterocycles. The molecule has 1 aromatic rings. The van der Waals surface area contributed by atoms with Crippen molar-refractivity contribution in [2.75, 3.05) is 17.7 Å². The number of aliphatic carboxylic acids is 1. The number of carboxylic acids is 1. The largest absolute Gasteiger partial charge is 0.481 e. The zero-order chi connectivity index (χ0) is 12.8. The number of hydrogen-bond donors (Lipinski definition) is 3. The molecule has 0 aromatic heterocycles. The number of halogens is 1. The van der Waals surface area contributed by atoms with Crippen molar-refractivity contribution in [3.05, 3.63) is 29.3 Å². The molecule has 4 nitrogen and oxygen atoms in total. The SMILES string of the molecule is Cc1ccc(CC(=O)O)cc1NCC(O)CCl. The van der Waals surface area contributed by atoms with Crippen LogP contribution in [0, 0.1) is 6.92 Å². The van der Waals surface area contributed by atoms with E-state index in [0.717, 1.165) is 16.8 Å². The van der Waals surface area contributed by atoms with E-state index in [1.807, 2.05) is 13.0 Å². The van der Waals surface area contributed by atoms with Gasteiger partial charge in [-0.1, -0.05) is 12.1 Å². The second-order valence-electron chi connectivity index (χ2n) is 3.91. The van der Waals surface area contributed by atoms with Crippen molar-refractivity contribution in [1.29, 1.82) is 0 Å². The highest BCUT2D eigenvalue weighted by molar-refractivity contribution is 6.18. The number of aryl methyl sites for hydroxylation is 1. The second-order valence-corrected chi connectivity index (χ2v) is 4.22. The van der Waals surface area contributed by atoms with Crippen LogP contribution in [0.2, 0.25) is 0 Å². The minimum absolute atomic E-state index is 0.00692. The van der Waals surface area contributed by atoms with Gasteiger partial charge in [0.1, 0.15) is 0 Å². The molecule has 5 heteroatoms. The molecule has 94 valence electrons. The van der Waals surface area contributed by atoms with Crippen molar-refractivity contribution in [3.63, 3.8) is 0 Å². The fourth-order valence-corrected chi connectivity index (χ4v) is 1.54. The van der Waals surface area contributed by atoms with Crippen molar-refractivity contribution >= 4 is 23.3 Å². The van der Waals surface area contributed by atoms with Crippen LogP contribution in [-0.2, 0) is 11.2 Å². The quantitative estimate of drug-likeness (QED) is 0.678. The highest BCUT2D eigenvalue weighted by Crippen LogP contribution is 2.17. The van der Waals surface area contributed by atoms with Gasteiger partial charge >= 0.3 is 5.97 Å². The smallest absolute Gasteiger partial charge is 0.307 e. The number of aliphatic hydroxyl groups is 1. The summed E-state index contributed by atoms with van der Waals surface area (Å²) in [7, 11) is 0. The van der Waals surface area contributed by atoms with E-state index in [1.165, 1.54) is 0 Å². The summed E-state index contributed by atoms with van der Waals surface area (Å²) >= 11 is 5.49. The predicted molar refractivity (Wildman–Crippen MR) is 67.7 cm³/mol. The lowest BCUT2D eigenvalue weighted by molar-refractivity contribution is -0.136. The molecule has 1 aromatic carbocycles. The van der Waals surface area contributed by atoms with E-state index in [2.05, 4.69) is 5.32 Å². The zero-order valence-electron chi connectivity index (χ0n) is 9.61. The van der Waals surface area contributed by atoms with Crippen molar-refractivity contribution in [2.45, 2.75) is 19.4 Å². The molecule has 1 atom stereocenters. The van der Waals surface area contributed by atoms with E-state index in [-0.39, 0.29) is 12.3 Å². The van der Waals surface area contributed by atoms with Gasteiger partial charge in [0.15, 0.2) is 0 Å². The second kappa shape index (κ2) is 6.47. The first-order valence-corrected chi connectivity index (χ1v) is 5.85. The Bertz CT molecular complexity index is 395. The number of rotatable bonds is 6. The summed E-state index contributed by atoms with van der Waals surface area (Å²) in [4.78, 5) is 10.6. The maximum absolute atomic E-state index is 10.6. The van der Waals surface area contributed by atoms with Gasteiger partial charge in [-0.2, -0.15) is 0 Å². The predicted octanol–water partition coefficient (Wildman–Crippen LogP) is 1.63. The number of benzene rings is 1. The normalized spacial score (nSPS) is 12.2. The first-order chi connectivity index (χ1) is 8.02. The fourth-order valence-electron chi connectivity index (χ4n) is 1.43. The first-order valence-electron chi connectivity index (χ1n) is 5.32. The van der Waals surface area contributed by atoms with E-state index in [0.29, 0.717) is 6.54 Å². The molecule has 1 unspecified atom stereocenters. The first kappa shape index (κ1) is 13.8. The van der Waals surface area contributed by atoms with Gasteiger partial charge in [-0.25, -0.2) is 0 Å². The summed E-state index contributed by atoms with van der Waals surface area (Å²) in [6, 6.07) is 5.42. The van der Waals surface area contributed by atoms with Crippen LogP contribution in [0.4, 0.5) is 5.69 Å². The van der Waals surface area contributed by atoms with Crippen molar-refractivity contribution < 1.29 is 15.0 Å². The lowest BCUT2D eigenvalue weighted by atomic mass is 10.1. The average molecular weight is 258 g/mol. The lowest BCUT2D eigenvalue weighted by Crippen LogP contribution is -2.21. The van der Waals surface area contributed by atoms with Gasteiger partial charge in [0.25, 0.3) is 0 Å². The van der Waals surface area contributed by atoms with Crippen LogP contribution in [-0.4, -0.2) is 34.7 Å². The Kier molecular flexibility index (Phi) is 5.25. The number of hydrogen-bond acceptors (Lipinski definition) is 3. The molecular formula is C12H16ClNO3. The summed E-state index contributed by atoms with van der Waals surface area (Å²) in [5.41, 5.74) is 2.56. The van der Waals surface area contributed by atoms with Crippen LogP contribution in [0.3, 0.4) is 0 Å². The van der Waals surface area contributed by atoms with Crippen molar-refractivity contribution in [3.8, 4) is 0 Å². The molecule has 0 heterocycles. The van der Waals surface area contributed by atoms with Gasteiger partial charge in [-0.15, -0.1) is 11.6 Å². The van der Waals surface area contributed by atoms with E-state index < -0.39 is 12.1 Å². The Morgan fingerprint density at radius 2 is 2.24 bits per heavy atom. The number of carbonyl (C=O) groups is 1. The van der Waals surface area contributed by atoms with Crippen LogP contribution in [0.5, 0.6) is 0 Å². The standard InChI is InChI=1S/C12H16ClNO3/c1-8-2-3-9(5-12(16)17)4-11(8)14-7-10(15)6-13/h2-4,10,14-15H,5-7H2,1H3,(H,16,17). The number of carboxylic acid groups (broad SMARTS) is 1. The van der Waals surface area contributed by atoms with Crippen molar-refractivity contribution in [1.82, 2.24) is 0 Å². The maximum atomic E-state index is 10.6. The molecule has 1 rings (SSSR count). The van der Waals surface area contributed by atoms with Crippen LogP contribution in [0.25, 0.3) is 0 Å². The van der Waals surface area contributed by atoms with E-state index >= 15 is 0 Å². The minimum atomic E-state index is -0.861. The molecule has 17 heavy (non-hydrogen) atoms. The summed E-state index contributed by atoms with van der Waals surface area (Å²) in [5, 5.41) is 21.1. The highest BCUT2D eigenvalue weighted by Gasteiger charge is 2.06. The van der Waals surface area contributed by atoms with Gasteiger partial charge in [0.05, 0.1) is 18.4 Å². The molecule has 0 fully saturated rings. The Morgan fingerprint density at radius 1 is 1.53 bits per heavy atom. The highest BCUT2D eigenvalue weighted by atomic mass is 35.5.